The summed E-state index contributed by atoms with van der Waals surface area (Å²) in [6.45, 7) is 3.48. The number of ether oxygens (including phenoxy) is 2. The van der Waals surface area contributed by atoms with Crippen molar-refractivity contribution < 1.29 is 50.0 Å². The number of hydrogen-bond donors (Lipinski definition) is 8. The third kappa shape index (κ3) is 46.3. The number of aliphatic hydroxyl groups excluding tert-OH is 7. The molecule has 1 saturated heterocycles. The van der Waals surface area contributed by atoms with Gasteiger partial charge in [0.05, 0.1) is 25.4 Å². The first-order valence-corrected chi connectivity index (χ1v) is 35.0. The highest BCUT2D eigenvalue weighted by Gasteiger charge is 2.44. The van der Waals surface area contributed by atoms with Crippen LogP contribution in [0.25, 0.3) is 0 Å². The summed E-state index contributed by atoms with van der Waals surface area (Å²) in [6, 6.07) is -1.20. The summed E-state index contributed by atoms with van der Waals surface area (Å²) in [5.41, 5.74) is 0. The smallest absolute Gasteiger partial charge is 0.249 e. The number of carbonyl (C=O) groups is 1. The van der Waals surface area contributed by atoms with Crippen LogP contribution in [-0.4, -0.2) is 110 Å². The number of allylic oxidation sites excluding steroid dienone is 8. The quantitative estimate of drug-likeness (QED) is 0.0215. The van der Waals surface area contributed by atoms with Gasteiger partial charge in [0.2, 0.25) is 5.91 Å². The summed E-state index contributed by atoms with van der Waals surface area (Å²) in [5, 5.41) is 76.4. The Bertz CT molecular complexity index is 1470. The summed E-state index contributed by atoms with van der Waals surface area (Å²) >= 11 is 0. The molecular formula is C71H133NO10. The molecule has 9 unspecified atom stereocenters. The van der Waals surface area contributed by atoms with E-state index in [0.717, 1.165) is 51.4 Å². The molecule has 1 aliphatic rings. The number of rotatable bonds is 61. The average Bonchev–Trinajstić information content (AvgIpc) is 3.48. The Labute approximate surface area is 504 Å². The van der Waals surface area contributed by atoms with Crippen molar-refractivity contribution in [1.29, 1.82) is 0 Å². The molecule has 1 heterocycles. The fraction of sp³-hybridized carbons (Fsp3) is 0.873. The Morgan fingerprint density at radius 2 is 0.768 bits per heavy atom. The Kier molecular flexibility index (Phi) is 56.6. The van der Waals surface area contributed by atoms with Crippen LogP contribution in [0.1, 0.15) is 328 Å². The Morgan fingerprint density at radius 1 is 0.427 bits per heavy atom. The second-order valence-corrected chi connectivity index (χ2v) is 24.6. The molecule has 1 aliphatic heterocycles. The highest BCUT2D eigenvalue weighted by atomic mass is 16.7. The Balaban J connectivity index is 2.24. The number of aliphatic hydroxyl groups is 7. The zero-order valence-electron chi connectivity index (χ0n) is 53.2. The molecule has 0 radical (unpaired) electrons. The highest BCUT2D eigenvalue weighted by Crippen LogP contribution is 2.24. The molecule has 82 heavy (non-hydrogen) atoms. The molecule has 1 fully saturated rings. The summed E-state index contributed by atoms with van der Waals surface area (Å²) in [5.74, 6) is -0.712. The van der Waals surface area contributed by atoms with Crippen LogP contribution < -0.4 is 5.32 Å². The molecule has 0 aliphatic carbocycles. The monoisotopic (exact) mass is 1160 g/mol. The third-order valence-corrected chi connectivity index (χ3v) is 16.8. The van der Waals surface area contributed by atoms with E-state index < -0.39 is 74.2 Å². The van der Waals surface area contributed by atoms with E-state index in [4.69, 9.17) is 9.47 Å². The fourth-order valence-electron chi connectivity index (χ4n) is 11.2. The molecule has 482 valence electrons. The van der Waals surface area contributed by atoms with E-state index in [2.05, 4.69) is 67.8 Å². The molecule has 0 bridgehead atoms. The minimum atomic E-state index is -1.68. The van der Waals surface area contributed by atoms with E-state index in [1.54, 1.807) is 0 Å². The van der Waals surface area contributed by atoms with Crippen LogP contribution in [0, 0.1) is 0 Å². The lowest BCUT2D eigenvalue weighted by molar-refractivity contribution is -0.303. The minimum absolute atomic E-state index is 0.243. The van der Waals surface area contributed by atoms with Crippen LogP contribution in [0.4, 0.5) is 0 Å². The van der Waals surface area contributed by atoms with Gasteiger partial charge in [0.1, 0.15) is 36.6 Å². The minimum Gasteiger partial charge on any atom is -0.394 e. The highest BCUT2D eigenvalue weighted by molar-refractivity contribution is 5.80. The lowest BCUT2D eigenvalue weighted by Crippen LogP contribution is -2.60. The molecule has 0 saturated carbocycles. The zero-order chi connectivity index (χ0) is 59.6. The third-order valence-electron chi connectivity index (χ3n) is 16.8. The second kappa shape index (κ2) is 59.4. The summed E-state index contributed by atoms with van der Waals surface area (Å²) in [6.07, 6.45) is 66.3. The van der Waals surface area contributed by atoms with Crippen molar-refractivity contribution in [1.82, 2.24) is 5.32 Å². The van der Waals surface area contributed by atoms with Crippen LogP contribution in [0.2, 0.25) is 0 Å². The summed E-state index contributed by atoms with van der Waals surface area (Å²) in [4.78, 5) is 13.2. The van der Waals surface area contributed by atoms with Crippen LogP contribution in [0.3, 0.4) is 0 Å². The topological polar surface area (TPSA) is 189 Å². The number of carbonyl (C=O) groups excluding carboxylic acids is 1. The largest absolute Gasteiger partial charge is 0.394 e. The van der Waals surface area contributed by atoms with Crippen molar-refractivity contribution in [2.45, 2.75) is 384 Å². The molecule has 8 N–H and O–H groups in total. The molecular weight excluding hydrogens is 1030 g/mol. The van der Waals surface area contributed by atoms with Gasteiger partial charge in [-0.1, -0.05) is 294 Å². The average molecular weight is 1160 g/mol. The van der Waals surface area contributed by atoms with E-state index in [0.29, 0.717) is 19.3 Å². The van der Waals surface area contributed by atoms with E-state index >= 15 is 0 Å². The standard InChI is InChI=1S/C71H133NO10/c1-3-5-7-9-11-13-15-17-19-21-23-25-27-29-30-31-32-33-34-35-37-38-40-42-44-46-48-50-52-54-56-58-63(74)66(76)62(61-81-71-69(79)68(78)67(77)65(60-73)82-71)72-70(80)64(75)59-57-55-53-51-49-47-45-43-41-39-36-28-26-24-22-20-18-16-14-12-10-8-6-4-2/h24,26,36,39,42,44,50,52,62-69,71,73-79H,3-23,25,27-35,37-38,40-41,43,45-49,51,53-61H2,1-2H3,(H,72,80)/b26-24-,39-36-,44-42+,52-50+. The van der Waals surface area contributed by atoms with Crippen LogP contribution in [0.15, 0.2) is 48.6 Å². The first kappa shape index (κ1) is 78.1. The normalized spacial score (nSPS) is 19.4. The van der Waals surface area contributed by atoms with Gasteiger partial charge in [-0.2, -0.15) is 0 Å². The summed E-state index contributed by atoms with van der Waals surface area (Å²) < 4.78 is 11.2. The van der Waals surface area contributed by atoms with Crippen molar-refractivity contribution in [2.75, 3.05) is 13.2 Å². The van der Waals surface area contributed by atoms with Gasteiger partial charge >= 0.3 is 0 Å². The molecule has 1 rings (SSSR count). The maximum atomic E-state index is 13.2. The van der Waals surface area contributed by atoms with Crippen molar-refractivity contribution in [3.8, 4) is 0 Å². The number of nitrogens with one attached hydrogen (secondary N) is 1. The Hall–Kier alpha value is -1.93. The molecule has 0 aromatic carbocycles. The predicted molar refractivity (Wildman–Crippen MR) is 344 cm³/mol. The number of amides is 1. The van der Waals surface area contributed by atoms with Crippen molar-refractivity contribution >= 4 is 5.91 Å². The number of unbranched alkanes of at least 4 members (excludes halogenated alkanes) is 41. The summed E-state index contributed by atoms with van der Waals surface area (Å²) in [7, 11) is 0. The van der Waals surface area contributed by atoms with E-state index in [-0.39, 0.29) is 12.8 Å². The molecule has 1 amide bonds. The molecule has 0 aromatic rings. The maximum Gasteiger partial charge on any atom is 0.249 e. The first-order valence-electron chi connectivity index (χ1n) is 35.0. The van der Waals surface area contributed by atoms with Crippen molar-refractivity contribution in [3.63, 3.8) is 0 Å². The van der Waals surface area contributed by atoms with Gasteiger partial charge in [0.15, 0.2) is 6.29 Å². The van der Waals surface area contributed by atoms with E-state index in [1.807, 2.05) is 0 Å². The van der Waals surface area contributed by atoms with Gasteiger partial charge in [0.25, 0.3) is 0 Å². The zero-order valence-corrected chi connectivity index (χ0v) is 53.2. The van der Waals surface area contributed by atoms with Crippen molar-refractivity contribution in [2.24, 2.45) is 0 Å². The van der Waals surface area contributed by atoms with Gasteiger partial charge < -0.3 is 50.5 Å². The van der Waals surface area contributed by atoms with Crippen LogP contribution in [0.5, 0.6) is 0 Å². The fourth-order valence-corrected chi connectivity index (χ4v) is 11.2. The lowest BCUT2D eigenvalue weighted by atomic mass is 9.98. The van der Waals surface area contributed by atoms with Gasteiger partial charge in [0, 0.05) is 0 Å². The van der Waals surface area contributed by atoms with Crippen LogP contribution in [-0.2, 0) is 14.3 Å². The lowest BCUT2D eigenvalue weighted by Gasteiger charge is -2.40. The second-order valence-electron chi connectivity index (χ2n) is 24.6. The van der Waals surface area contributed by atoms with E-state index in [1.165, 1.54) is 231 Å². The van der Waals surface area contributed by atoms with Crippen LogP contribution >= 0.6 is 0 Å². The molecule has 11 heteroatoms. The van der Waals surface area contributed by atoms with Gasteiger partial charge in [-0.15, -0.1) is 0 Å². The Morgan fingerprint density at radius 3 is 1.16 bits per heavy atom. The maximum absolute atomic E-state index is 13.2. The predicted octanol–water partition coefficient (Wildman–Crippen LogP) is 16.7. The van der Waals surface area contributed by atoms with Crippen molar-refractivity contribution in [3.05, 3.63) is 48.6 Å². The first-order chi connectivity index (χ1) is 40.2. The molecule has 0 aromatic heterocycles. The SMILES string of the molecule is CCCCCCCCCCC/C=C\C/C=C\CCCCCCCCCCC(O)C(=O)NC(COC1OC(CO)C(O)C(O)C1O)C(O)C(O)CCC/C=C/CC/C=C/CCCCCCCCCCCCCCCCCCCCCCCC. The van der Waals surface area contributed by atoms with E-state index in [9.17, 15) is 40.5 Å². The molecule has 0 spiro atoms. The van der Waals surface area contributed by atoms with Gasteiger partial charge in [-0.05, 0) is 83.5 Å². The molecule has 9 atom stereocenters. The van der Waals surface area contributed by atoms with Gasteiger partial charge in [-0.3, -0.25) is 4.79 Å². The number of hydrogen-bond acceptors (Lipinski definition) is 10. The van der Waals surface area contributed by atoms with Gasteiger partial charge in [-0.25, -0.2) is 0 Å². The molecule has 11 nitrogen and oxygen atoms in total.